The number of nitrogens with zero attached hydrogens (tertiary/aromatic N) is 2. The fourth-order valence-corrected chi connectivity index (χ4v) is 3.25. The number of aromatic nitrogens is 4. The van der Waals surface area contributed by atoms with Crippen molar-refractivity contribution in [3.8, 4) is 0 Å². The number of fused-ring (bicyclic) bond motifs is 1. The molecule has 2 N–H and O–H groups in total. The van der Waals surface area contributed by atoms with Gasteiger partial charge in [0.05, 0.1) is 0 Å². The van der Waals surface area contributed by atoms with Gasteiger partial charge in [-0.15, -0.1) is 11.3 Å². The Balaban J connectivity index is 2.12. The molecule has 0 saturated heterocycles. The SMILES string of the molecule is Cn1c(=O)c2[nH]c(=O)[nH]c(=O)c2n(CCCc2cccs2)c1=O. The molecule has 0 atom stereocenters. The maximum Gasteiger partial charge on any atom is 0.331 e. The maximum absolute atomic E-state index is 12.3. The Labute approximate surface area is 132 Å². The van der Waals surface area contributed by atoms with Crippen LogP contribution < -0.4 is 22.5 Å². The summed E-state index contributed by atoms with van der Waals surface area (Å²) >= 11 is 1.62. The number of nitrogens with one attached hydrogen (secondary N) is 2. The average molecular weight is 334 g/mol. The summed E-state index contributed by atoms with van der Waals surface area (Å²) in [5.41, 5.74) is -3.03. The minimum Gasteiger partial charge on any atom is -0.301 e. The van der Waals surface area contributed by atoms with Crippen molar-refractivity contribution < 1.29 is 0 Å². The van der Waals surface area contributed by atoms with Crippen molar-refractivity contribution in [2.75, 3.05) is 0 Å². The van der Waals surface area contributed by atoms with Crippen LogP contribution in [0.1, 0.15) is 11.3 Å². The van der Waals surface area contributed by atoms with Crippen LogP contribution in [-0.2, 0) is 20.0 Å². The Kier molecular flexibility index (Phi) is 3.87. The van der Waals surface area contributed by atoms with E-state index in [0.29, 0.717) is 6.42 Å². The van der Waals surface area contributed by atoms with E-state index in [0.717, 1.165) is 11.0 Å². The number of rotatable bonds is 4. The molecule has 0 fully saturated rings. The minimum absolute atomic E-state index is 0.0936. The molecule has 0 aliphatic heterocycles. The normalized spacial score (nSPS) is 11.2. The Hall–Kier alpha value is -2.68. The number of thiophene rings is 1. The van der Waals surface area contributed by atoms with Crippen LogP contribution in [0.2, 0.25) is 0 Å². The van der Waals surface area contributed by atoms with E-state index >= 15 is 0 Å². The van der Waals surface area contributed by atoms with Crippen LogP contribution in [0, 0.1) is 0 Å². The summed E-state index contributed by atoms with van der Waals surface area (Å²) in [6.07, 6.45) is 1.39. The molecule has 0 amide bonds. The zero-order valence-corrected chi connectivity index (χ0v) is 13.1. The summed E-state index contributed by atoms with van der Waals surface area (Å²) in [6, 6.07) is 3.94. The van der Waals surface area contributed by atoms with Gasteiger partial charge in [-0.3, -0.25) is 23.7 Å². The average Bonchev–Trinajstić information content (AvgIpc) is 3.02. The Morgan fingerprint density at radius 1 is 1.17 bits per heavy atom. The van der Waals surface area contributed by atoms with E-state index < -0.39 is 22.5 Å². The van der Waals surface area contributed by atoms with Crippen molar-refractivity contribution in [3.63, 3.8) is 0 Å². The predicted octanol–water partition coefficient (Wildman–Crippen LogP) is -0.229. The first kappa shape index (κ1) is 15.2. The lowest BCUT2D eigenvalue weighted by atomic mass is 10.2. The molecule has 0 bridgehead atoms. The first-order valence-electron chi connectivity index (χ1n) is 6.97. The summed E-state index contributed by atoms with van der Waals surface area (Å²) in [7, 11) is 1.32. The van der Waals surface area contributed by atoms with Gasteiger partial charge in [-0.05, 0) is 24.3 Å². The molecule has 120 valence electrons. The van der Waals surface area contributed by atoms with E-state index in [4.69, 9.17) is 0 Å². The molecule has 0 radical (unpaired) electrons. The van der Waals surface area contributed by atoms with E-state index in [1.165, 1.54) is 16.5 Å². The summed E-state index contributed by atoms with van der Waals surface area (Å²) in [5, 5.41) is 1.97. The summed E-state index contributed by atoms with van der Waals surface area (Å²) in [4.78, 5) is 53.4. The highest BCUT2D eigenvalue weighted by Crippen LogP contribution is 2.11. The zero-order chi connectivity index (χ0) is 16.6. The second-order valence-corrected chi connectivity index (χ2v) is 6.15. The topological polar surface area (TPSA) is 110 Å². The smallest absolute Gasteiger partial charge is 0.301 e. The summed E-state index contributed by atoms with van der Waals surface area (Å²) in [5.74, 6) is 0. The van der Waals surface area contributed by atoms with Gasteiger partial charge < -0.3 is 4.98 Å². The summed E-state index contributed by atoms with van der Waals surface area (Å²) in [6.45, 7) is 0.274. The molecular formula is C14H14N4O4S. The Morgan fingerprint density at radius 3 is 2.65 bits per heavy atom. The van der Waals surface area contributed by atoms with E-state index in [1.807, 2.05) is 17.5 Å². The predicted molar refractivity (Wildman–Crippen MR) is 87.3 cm³/mol. The van der Waals surface area contributed by atoms with Gasteiger partial charge in [0.15, 0.2) is 0 Å². The van der Waals surface area contributed by atoms with Crippen LogP contribution in [0.3, 0.4) is 0 Å². The minimum atomic E-state index is -0.775. The summed E-state index contributed by atoms with van der Waals surface area (Å²) < 4.78 is 2.13. The van der Waals surface area contributed by atoms with Gasteiger partial charge in [-0.1, -0.05) is 6.07 Å². The molecule has 0 aromatic carbocycles. The molecule has 3 heterocycles. The van der Waals surface area contributed by atoms with Crippen molar-refractivity contribution in [2.24, 2.45) is 7.05 Å². The molecule has 9 heteroatoms. The van der Waals surface area contributed by atoms with Crippen LogP contribution in [0.4, 0.5) is 0 Å². The van der Waals surface area contributed by atoms with E-state index in [-0.39, 0.29) is 17.6 Å². The van der Waals surface area contributed by atoms with Crippen LogP contribution >= 0.6 is 11.3 Å². The monoisotopic (exact) mass is 334 g/mol. The lowest BCUT2D eigenvalue weighted by Gasteiger charge is -2.10. The van der Waals surface area contributed by atoms with E-state index in [2.05, 4.69) is 9.97 Å². The molecule has 0 saturated carbocycles. The molecule has 3 rings (SSSR count). The van der Waals surface area contributed by atoms with Gasteiger partial charge in [0.2, 0.25) is 0 Å². The number of aromatic amines is 2. The molecular weight excluding hydrogens is 320 g/mol. The maximum atomic E-state index is 12.3. The van der Waals surface area contributed by atoms with Crippen molar-refractivity contribution in [1.82, 2.24) is 19.1 Å². The quantitative estimate of drug-likeness (QED) is 0.687. The van der Waals surface area contributed by atoms with Crippen molar-refractivity contribution in [3.05, 3.63) is 64.1 Å². The van der Waals surface area contributed by atoms with Gasteiger partial charge >= 0.3 is 11.4 Å². The Morgan fingerprint density at radius 2 is 1.96 bits per heavy atom. The van der Waals surface area contributed by atoms with Gasteiger partial charge in [0, 0.05) is 18.5 Å². The highest BCUT2D eigenvalue weighted by atomic mass is 32.1. The molecule has 0 aliphatic rings. The number of H-pyrrole nitrogens is 2. The van der Waals surface area contributed by atoms with Crippen LogP contribution in [-0.4, -0.2) is 19.1 Å². The highest BCUT2D eigenvalue weighted by molar-refractivity contribution is 7.09. The number of aryl methyl sites for hydroxylation is 2. The van der Waals surface area contributed by atoms with Crippen molar-refractivity contribution in [1.29, 1.82) is 0 Å². The number of hydrogen-bond donors (Lipinski definition) is 2. The van der Waals surface area contributed by atoms with Crippen molar-refractivity contribution in [2.45, 2.75) is 19.4 Å². The van der Waals surface area contributed by atoms with Crippen LogP contribution in [0.5, 0.6) is 0 Å². The Bertz CT molecular complexity index is 1090. The van der Waals surface area contributed by atoms with E-state index in [1.54, 1.807) is 11.3 Å². The standard InChI is InChI=1S/C14H14N4O4S/c1-17-12(20)9-10(11(19)16-13(21)15-9)18(14(17)22)6-2-4-8-5-3-7-23-8/h3,5,7H,2,4,6H2,1H3,(H2,15,16,19,21). The fraction of sp³-hybridized carbons (Fsp3) is 0.286. The molecule has 23 heavy (non-hydrogen) atoms. The fourth-order valence-electron chi connectivity index (χ4n) is 2.50. The third-order valence-corrected chi connectivity index (χ3v) is 4.54. The zero-order valence-electron chi connectivity index (χ0n) is 12.3. The number of hydrogen-bond acceptors (Lipinski definition) is 5. The second-order valence-electron chi connectivity index (χ2n) is 5.11. The third kappa shape index (κ3) is 2.70. The van der Waals surface area contributed by atoms with Gasteiger partial charge in [-0.2, -0.15) is 0 Å². The van der Waals surface area contributed by atoms with Crippen LogP contribution in [0.15, 0.2) is 36.7 Å². The molecule has 8 nitrogen and oxygen atoms in total. The molecule has 3 aromatic heterocycles. The molecule has 0 aliphatic carbocycles. The first-order chi connectivity index (χ1) is 11.0. The van der Waals surface area contributed by atoms with E-state index in [9.17, 15) is 19.2 Å². The van der Waals surface area contributed by atoms with Crippen molar-refractivity contribution >= 4 is 22.4 Å². The third-order valence-electron chi connectivity index (χ3n) is 3.61. The molecule has 3 aromatic rings. The molecule has 0 spiro atoms. The molecule has 0 unspecified atom stereocenters. The first-order valence-corrected chi connectivity index (χ1v) is 7.85. The van der Waals surface area contributed by atoms with Gasteiger partial charge in [-0.25, -0.2) is 9.59 Å². The van der Waals surface area contributed by atoms with Crippen LogP contribution in [0.25, 0.3) is 11.0 Å². The van der Waals surface area contributed by atoms with Gasteiger partial charge in [0.1, 0.15) is 11.0 Å². The second kappa shape index (κ2) is 5.84. The lowest BCUT2D eigenvalue weighted by molar-refractivity contribution is 0.592. The largest absolute Gasteiger partial charge is 0.331 e. The van der Waals surface area contributed by atoms with Gasteiger partial charge in [0.25, 0.3) is 11.1 Å². The highest BCUT2D eigenvalue weighted by Gasteiger charge is 2.14. The lowest BCUT2D eigenvalue weighted by Crippen LogP contribution is -2.42.